The Hall–Kier alpha value is -0.590. The van der Waals surface area contributed by atoms with Crippen molar-refractivity contribution in [3.8, 4) is 6.07 Å². The average molecular weight is 221 g/mol. The Labute approximate surface area is 98.8 Å². The fourth-order valence-corrected chi connectivity index (χ4v) is 3.13. The van der Waals surface area contributed by atoms with Crippen LogP contribution in [0, 0.1) is 23.2 Å². The van der Waals surface area contributed by atoms with Crippen LogP contribution in [0.1, 0.15) is 32.6 Å². The SMILES string of the molecule is CC(C#N)CN1CCCC(C2CCCN2)C1. The van der Waals surface area contributed by atoms with Gasteiger partial charge in [-0.3, -0.25) is 0 Å². The maximum absolute atomic E-state index is 8.85. The monoisotopic (exact) mass is 221 g/mol. The van der Waals surface area contributed by atoms with Gasteiger partial charge in [0.2, 0.25) is 0 Å². The van der Waals surface area contributed by atoms with Gasteiger partial charge in [-0.25, -0.2) is 0 Å². The highest BCUT2D eigenvalue weighted by Crippen LogP contribution is 2.25. The molecule has 16 heavy (non-hydrogen) atoms. The summed E-state index contributed by atoms with van der Waals surface area (Å²) >= 11 is 0. The van der Waals surface area contributed by atoms with Crippen LogP contribution < -0.4 is 5.32 Å². The van der Waals surface area contributed by atoms with Gasteiger partial charge in [-0.05, 0) is 51.6 Å². The Kier molecular flexibility index (Phi) is 4.20. The summed E-state index contributed by atoms with van der Waals surface area (Å²) in [6.45, 7) is 6.58. The molecule has 0 bridgehead atoms. The second-order valence-corrected chi connectivity index (χ2v) is 5.39. The normalized spacial score (nSPS) is 33.5. The van der Waals surface area contributed by atoms with Gasteiger partial charge in [0.05, 0.1) is 12.0 Å². The van der Waals surface area contributed by atoms with Crippen LogP contribution >= 0.6 is 0 Å². The van der Waals surface area contributed by atoms with Gasteiger partial charge < -0.3 is 10.2 Å². The smallest absolute Gasteiger partial charge is 0.0666 e. The minimum Gasteiger partial charge on any atom is -0.314 e. The lowest BCUT2D eigenvalue weighted by Crippen LogP contribution is -2.44. The van der Waals surface area contributed by atoms with Crippen LogP contribution in [-0.2, 0) is 0 Å². The molecule has 1 N–H and O–H groups in total. The molecule has 3 atom stereocenters. The zero-order valence-electron chi connectivity index (χ0n) is 10.3. The Balaban J connectivity index is 1.81. The topological polar surface area (TPSA) is 39.1 Å². The van der Waals surface area contributed by atoms with Crippen molar-refractivity contribution in [2.24, 2.45) is 11.8 Å². The van der Waals surface area contributed by atoms with E-state index >= 15 is 0 Å². The maximum Gasteiger partial charge on any atom is 0.0666 e. The lowest BCUT2D eigenvalue weighted by atomic mass is 9.89. The van der Waals surface area contributed by atoms with E-state index < -0.39 is 0 Å². The molecule has 0 spiro atoms. The quantitative estimate of drug-likeness (QED) is 0.787. The summed E-state index contributed by atoms with van der Waals surface area (Å²) in [5.41, 5.74) is 0. The van der Waals surface area contributed by atoms with Gasteiger partial charge in [-0.1, -0.05) is 0 Å². The Morgan fingerprint density at radius 3 is 3.00 bits per heavy atom. The second kappa shape index (κ2) is 5.65. The minimum atomic E-state index is 0.176. The molecule has 2 rings (SSSR count). The molecule has 2 fully saturated rings. The first-order chi connectivity index (χ1) is 7.79. The number of nitriles is 1. The zero-order chi connectivity index (χ0) is 11.4. The van der Waals surface area contributed by atoms with Crippen LogP contribution in [0.5, 0.6) is 0 Å². The van der Waals surface area contributed by atoms with E-state index in [9.17, 15) is 0 Å². The summed E-state index contributed by atoms with van der Waals surface area (Å²) in [6.07, 6.45) is 5.37. The van der Waals surface area contributed by atoms with Crippen LogP contribution in [0.25, 0.3) is 0 Å². The molecule has 0 saturated carbocycles. The van der Waals surface area contributed by atoms with Gasteiger partial charge in [0.25, 0.3) is 0 Å². The number of hydrogen-bond acceptors (Lipinski definition) is 3. The zero-order valence-corrected chi connectivity index (χ0v) is 10.3. The van der Waals surface area contributed by atoms with Crippen LogP contribution in [0.2, 0.25) is 0 Å². The molecule has 0 aromatic rings. The second-order valence-electron chi connectivity index (χ2n) is 5.39. The molecule has 2 saturated heterocycles. The van der Waals surface area contributed by atoms with E-state index in [1.54, 1.807) is 0 Å². The van der Waals surface area contributed by atoms with Crippen LogP contribution in [0.15, 0.2) is 0 Å². The number of nitrogens with zero attached hydrogens (tertiary/aromatic N) is 2. The number of likely N-dealkylation sites (tertiary alicyclic amines) is 1. The number of rotatable bonds is 3. The van der Waals surface area contributed by atoms with Gasteiger partial charge in [-0.15, -0.1) is 0 Å². The molecule has 0 aromatic carbocycles. The van der Waals surface area contributed by atoms with Crippen molar-refractivity contribution in [1.82, 2.24) is 10.2 Å². The molecule has 3 unspecified atom stereocenters. The average Bonchev–Trinajstić information content (AvgIpc) is 2.83. The van der Waals surface area contributed by atoms with Crippen molar-refractivity contribution in [2.75, 3.05) is 26.2 Å². The molecular weight excluding hydrogens is 198 g/mol. The van der Waals surface area contributed by atoms with Crippen molar-refractivity contribution in [2.45, 2.75) is 38.6 Å². The highest BCUT2D eigenvalue weighted by atomic mass is 15.1. The van der Waals surface area contributed by atoms with Gasteiger partial charge in [-0.2, -0.15) is 5.26 Å². The standard InChI is InChI=1S/C13H23N3/c1-11(8-14)9-16-7-3-4-12(10-16)13-5-2-6-15-13/h11-13,15H,2-7,9-10H2,1H3. The van der Waals surface area contributed by atoms with E-state index in [1.807, 2.05) is 6.92 Å². The molecule has 2 aliphatic rings. The highest BCUT2D eigenvalue weighted by molar-refractivity contribution is 4.88. The third kappa shape index (κ3) is 2.96. The summed E-state index contributed by atoms with van der Waals surface area (Å²) in [4.78, 5) is 2.49. The Morgan fingerprint density at radius 2 is 2.31 bits per heavy atom. The van der Waals surface area contributed by atoms with E-state index in [0.717, 1.165) is 18.5 Å². The molecule has 3 heteroatoms. The number of piperidine rings is 1. The number of hydrogen-bond donors (Lipinski definition) is 1. The third-order valence-corrected chi connectivity index (χ3v) is 3.96. The summed E-state index contributed by atoms with van der Waals surface area (Å²) in [5, 5.41) is 12.5. The number of nitrogens with one attached hydrogen (secondary N) is 1. The predicted octanol–water partition coefficient (Wildman–Crippen LogP) is 1.61. The molecule has 0 aromatic heterocycles. The molecular formula is C13H23N3. The van der Waals surface area contributed by atoms with Crippen molar-refractivity contribution in [3.63, 3.8) is 0 Å². The van der Waals surface area contributed by atoms with Gasteiger partial charge >= 0.3 is 0 Å². The predicted molar refractivity (Wildman–Crippen MR) is 65.0 cm³/mol. The fourth-order valence-electron chi connectivity index (χ4n) is 3.13. The van der Waals surface area contributed by atoms with Crippen LogP contribution in [0.3, 0.4) is 0 Å². The van der Waals surface area contributed by atoms with E-state index in [0.29, 0.717) is 0 Å². The summed E-state index contributed by atoms with van der Waals surface area (Å²) in [6, 6.07) is 3.09. The molecule has 2 aliphatic heterocycles. The lowest BCUT2D eigenvalue weighted by molar-refractivity contribution is 0.143. The van der Waals surface area contributed by atoms with Gasteiger partial charge in [0.1, 0.15) is 0 Å². The molecule has 90 valence electrons. The maximum atomic E-state index is 8.85. The van der Waals surface area contributed by atoms with E-state index in [-0.39, 0.29) is 5.92 Å². The Morgan fingerprint density at radius 1 is 1.44 bits per heavy atom. The first-order valence-electron chi connectivity index (χ1n) is 6.65. The third-order valence-electron chi connectivity index (χ3n) is 3.96. The lowest BCUT2D eigenvalue weighted by Gasteiger charge is -2.36. The van der Waals surface area contributed by atoms with E-state index in [1.165, 1.54) is 45.3 Å². The fraction of sp³-hybridized carbons (Fsp3) is 0.923. The van der Waals surface area contributed by atoms with Gasteiger partial charge in [0.15, 0.2) is 0 Å². The highest BCUT2D eigenvalue weighted by Gasteiger charge is 2.29. The first kappa shape index (κ1) is 11.9. The first-order valence-corrected chi connectivity index (χ1v) is 6.65. The van der Waals surface area contributed by atoms with Crippen molar-refractivity contribution >= 4 is 0 Å². The van der Waals surface area contributed by atoms with Crippen molar-refractivity contribution in [3.05, 3.63) is 0 Å². The van der Waals surface area contributed by atoms with Crippen molar-refractivity contribution < 1.29 is 0 Å². The molecule has 0 radical (unpaired) electrons. The molecule has 0 aliphatic carbocycles. The summed E-state index contributed by atoms with van der Waals surface area (Å²) in [7, 11) is 0. The Bertz CT molecular complexity index is 252. The van der Waals surface area contributed by atoms with E-state index in [2.05, 4.69) is 16.3 Å². The van der Waals surface area contributed by atoms with Crippen LogP contribution in [-0.4, -0.2) is 37.1 Å². The van der Waals surface area contributed by atoms with Gasteiger partial charge in [0, 0.05) is 19.1 Å². The molecule has 2 heterocycles. The summed E-state index contributed by atoms with van der Waals surface area (Å²) < 4.78 is 0. The molecule has 0 amide bonds. The minimum absolute atomic E-state index is 0.176. The molecule has 3 nitrogen and oxygen atoms in total. The summed E-state index contributed by atoms with van der Waals surface area (Å²) in [5.74, 6) is 0.998. The van der Waals surface area contributed by atoms with Crippen LogP contribution in [0.4, 0.5) is 0 Å². The van der Waals surface area contributed by atoms with E-state index in [4.69, 9.17) is 5.26 Å². The van der Waals surface area contributed by atoms with Crippen molar-refractivity contribution in [1.29, 1.82) is 5.26 Å². The largest absolute Gasteiger partial charge is 0.314 e.